The van der Waals surface area contributed by atoms with Crippen molar-refractivity contribution in [3.8, 4) is 0 Å². The zero-order valence-electron chi connectivity index (χ0n) is 14.0. The maximum absolute atomic E-state index is 12.3. The van der Waals surface area contributed by atoms with E-state index in [0.717, 1.165) is 11.6 Å². The number of sulfonamides is 1. The second kappa shape index (κ2) is 7.22. The molecule has 2 N–H and O–H groups in total. The summed E-state index contributed by atoms with van der Waals surface area (Å²) in [6, 6.07) is 8.56. The Balaban J connectivity index is 1.86. The largest absolute Gasteiger partial charge is 0.456 e. The maximum atomic E-state index is 12.3. The van der Waals surface area contributed by atoms with Crippen molar-refractivity contribution in [2.24, 2.45) is 5.14 Å². The highest BCUT2D eigenvalue weighted by molar-refractivity contribution is 9.10. The summed E-state index contributed by atoms with van der Waals surface area (Å²) in [6.45, 7) is 1.62. The number of rotatable bonds is 4. The van der Waals surface area contributed by atoms with Crippen molar-refractivity contribution < 1.29 is 17.9 Å². The Morgan fingerprint density at radius 1 is 1.26 bits per heavy atom. The van der Waals surface area contributed by atoms with Gasteiger partial charge in [0.05, 0.1) is 16.2 Å². The average molecular weight is 452 g/mol. The molecule has 0 amide bonds. The highest BCUT2D eigenvalue weighted by atomic mass is 79.9. The second-order valence-corrected chi connectivity index (χ2v) is 8.20. The monoisotopic (exact) mass is 451 g/mol. The fraction of sp³-hybridized carbons (Fsp3) is 0.118. The van der Waals surface area contributed by atoms with Gasteiger partial charge in [-0.2, -0.15) is 0 Å². The van der Waals surface area contributed by atoms with E-state index in [4.69, 9.17) is 9.88 Å². The summed E-state index contributed by atoms with van der Waals surface area (Å²) in [4.78, 5) is 28.5. The summed E-state index contributed by atoms with van der Waals surface area (Å²) >= 11 is 3.17. The second-order valence-electron chi connectivity index (χ2n) is 5.78. The molecular formula is C17H14BrN3O5S. The topological polar surface area (TPSA) is 121 Å². The van der Waals surface area contributed by atoms with E-state index in [9.17, 15) is 18.0 Å². The molecule has 0 radical (unpaired) electrons. The predicted octanol–water partition coefficient (Wildman–Crippen LogP) is 1.77. The number of esters is 1. The summed E-state index contributed by atoms with van der Waals surface area (Å²) < 4.78 is 29.8. The molecule has 0 aliphatic rings. The van der Waals surface area contributed by atoms with Gasteiger partial charge in [0.15, 0.2) is 0 Å². The number of hydrogen-bond acceptors (Lipinski definition) is 6. The molecule has 3 rings (SSSR count). The number of carbonyl (C=O) groups excluding carboxylic acids is 1. The lowest BCUT2D eigenvalue weighted by molar-refractivity contribution is 0.0466. The van der Waals surface area contributed by atoms with Crippen molar-refractivity contribution in [1.29, 1.82) is 0 Å². The van der Waals surface area contributed by atoms with E-state index < -0.39 is 16.0 Å². The van der Waals surface area contributed by atoms with E-state index in [-0.39, 0.29) is 28.3 Å². The van der Waals surface area contributed by atoms with Crippen molar-refractivity contribution >= 4 is 37.6 Å². The average Bonchev–Trinajstić information content (AvgIpc) is 2.58. The number of nitrogens with zero attached hydrogens (tertiary/aromatic N) is 2. The van der Waals surface area contributed by atoms with Crippen LogP contribution in [0.1, 0.15) is 21.6 Å². The SMILES string of the molecule is Cc1ccn2c(=O)cc(COC(=O)c3cc(S(N)(=O)=O)ccc3Br)nc2c1. The van der Waals surface area contributed by atoms with Crippen LogP contribution in [0, 0.1) is 6.92 Å². The Hall–Kier alpha value is -2.56. The summed E-state index contributed by atoms with van der Waals surface area (Å²) in [5, 5.41) is 5.08. The zero-order valence-corrected chi connectivity index (χ0v) is 16.5. The molecular weight excluding hydrogens is 438 g/mol. The van der Waals surface area contributed by atoms with Crippen LogP contribution in [0.3, 0.4) is 0 Å². The number of aryl methyl sites for hydroxylation is 1. The molecule has 8 nitrogen and oxygen atoms in total. The summed E-state index contributed by atoms with van der Waals surface area (Å²) in [7, 11) is -3.96. The van der Waals surface area contributed by atoms with Gasteiger partial charge >= 0.3 is 5.97 Å². The fourth-order valence-corrected chi connectivity index (χ4v) is 3.33. The molecule has 0 aliphatic heterocycles. The molecule has 27 heavy (non-hydrogen) atoms. The minimum absolute atomic E-state index is 0.00474. The Bertz CT molecular complexity index is 1220. The van der Waals surface area contributed by atoms with Crippen LogP contribution in [0.25, 0.3) is 5.65 Å². The Morgan fingerprint density at radius 2 is 2.00 bits per heavy atom. The molecule has 0 saturated carbocycles. The van der Waals surface area contributed by atoms with Crippen LogP contribution in [0.5, 0.6) is 0 Å². The highest BCUT2D eigenvalue weighted by Gasteiger charge is 2.17. The number of carbonyl (C=O) groups is 1. The van der Waals surface area contributed by atoms with Gasteiger partial charge < -0.3 is 4.74 Å². The van der Waals surface area contributed by atoms with Gasteiger partial charge in [0.25, 0.3) is 5.56 Å². The van der Waals surface area contributed by atoms with Crippen molar-refractivity contribution in [1.82, 2.24) is 9.38 Å². The molecule has 2 aromatic heterocycles. The van der Waals surface area contributed by atoms with Crippen molar-refractivity contribution in [2.75, 3.05) is 0 Å². The van der Waals surface area contributed by atoms with E-state index in [0.29, 0.717) is 10.1 Å². The van der Waals surface area contributed by atoms with Gasteiger partial charge in [0.2, 0.25) is 10.0 Å². The van der Waals surface area contributed by atoms with Crippen LogP contribution >= 0.6 is 15.9 Å². The Morgan fingerprint density at radius 3 is 2.70 bits per heavy atom. The highest BCUT2D eigenvalue weighted by Crippen LogP contribution is 2.21. The first kappa shape index (κ1) is 19.2. The van der Waals surface area contributed by atoms with Gasteiger partial charge in [-0.1, -0.05) is 0 Å². The van der Waals surface area contributed by atoms with Crippen LogP contribution in [0.15, 0.2) is 56.8 Å². The van der Waals surface area contributed by atoms with Crippen molar-refractivity contribution in [2.45, 2.75) is 18.4 Å². The van der Waals surface area contributed by atoms with Crippen LogP contribution in [-0.4, -0.2) is 23.8 Å². The molecule has 0 unspecified atom stereocenters. The third kappa shape index (κ3) is 4.24. The molecule has 0 fully saturated rings. The molecule has 2 heterocycles. The third-order valence-corrected chi connectivity index (χ3v) is 5.32. The number of halogens is 1. The van der Waals surface area contributed by atoms with Gasteiger partial charge in [0.1, 0.15) is 12.3 Å². The summed E-state index contributed by atoms with van der Waals surface area (Å²) in [6.07, 6.45) is 1.62. The lowest BCUT2D eigenvalue weighted by Gasteiger charge is -2.08. The molecule has 0 bridgehead atoms. The molecule has 3 aromatic rings. The van der Waals surface area contributed by atoms with Crippen LogP contribution in [-0.2, 0) is 21.4 Å². The number of fused-ring (bicyclic) bond motifs is 1. The van der Waals surface area contributed by atoms with Crippen LogP contribution < -0.4 is 10.7 Å². The molecule has 1 aromatic carbocycles. The number of hydrogen-bond donors (Lipinski definition) is 1. The van der Waals surface area contributed by atoms with Crippen molar-refractivity contribution in [3.05, 3.63) is 74.2 Å². The first-order chi connectivity index (χ1) is 12.6. The molecule has 0 atom stereocenters. The number of primary sulfonamides is 1. The smallest absolute Gasteiger partial charge is 0.339 e. The van der Waals surface area contributed by atoms with Gasteiger partial charge in [-0.05, 0) is 58.7 Å². The van der Waals surface area contributed by atoms with E-state index in [2.05, 4.69) is 20.9 Å². The quantitative estimate of drug-likeness (QED) is 0.603. The van der Waals surface area contributed by atoms with Gasteiger partial charge in [0, 0.05) is 16.7 Å². The number of pyridine rings is 1. The minimum atomic E-state index is -3.96. The number of nitrogens with two attached hydrogens (primary N) is 1. The van der Waals surface area contributed by atoms with Gasteiger partial charge in [-0.3, -0.25) is 9.20 Å². The number of aromatic nitrogens is 2. The predicted molar refractivity (Wildman–Crippen MR) is 101 cm³/mol. The van der Waals surface area contributed by atoms with Crippen LogP contribution in [0.2, 0.25) is 0 Å². The summed E-state index contributed by atoms with van der Waals surface area (Å²) in [5.41, 5.74) is 1.33. The minimum Gasteiger partial charge on any atom is -0.456 e. The zero-order chi connectivity index (χ0) is 19.8. The van der Waals surface area contributed by atoms with Gasteiger partial charge in [-0.15, -0.1) is 0 Å². The molecule has 0 spiro atoms. The first-order valence-corrected chi connectivity index (χ1v) is 9.97. The molecule has 0 saturated heterocycles. The van der Waals surface area contributed by atoms with E-state index in [1.165, 1.54) is 22.6 Å². The van der Waals surface area contributed by atoms with E-state index >= 15 is 0 Å². The molecule has 0 aliphatic carbocycles. The van der Waals surface area contributed by atoms with Crippen molar-refractivity contribution in [3.63, 3.8) is 0 Å². The Kier molecular flexibility index (Phi) is 5.13. The standard InChI is InChI=1S/C17H14BrN3O5S/c1-10-4-5-21-15(6-10)20-11(7-16(21)22)9-26-17(23)13-8-12(27(19,24)25)2-3-14(13)18/h2-8H,9H2,1H3,(H2,19,24,25). The van der Waals surface area contributed by atoms with Gasteiger partial charge in [-0.25, -0.2) is 23.3 Å². The first-order valence-electron chi connectivity index (χ1n) is 7.63. The molecule has 140 valence electrons. The Labute approximate surface area is 162 Å². The number of ether oxygens (including phenoxy) is 1. The number of benzene rings is 1. The maximum Gasteiger partial charge on any atom is 0.339 e. The lowest BCUT2D eigenvalue weighted by atomic mass is 10.2. The van der Waals surface area contributed by atoms with E-state index in [1.54, 1.807) is 18.3 Å². The summed E-state index contributed by atoms with van der Waals surface area (Å²) in [5.74, 6) is -0.779. The third-order valence-electron chi connectivity index (χ3n) is 3.71. The molecule has 10 heteroatoms. The van der Waals surface area contributed by atoms with E-state index in [1.807, 2.05) is 6.92 Å². The fourth-order valence-electron chi connectivity index (χ4n) is 2.38. The normalized spacial score (nSPS) is 11.5. The lowest BCUT2D eigenvalue weighted by Crippen LogP contribution is -2.17. The van der Waals surface area contributed by atoms with Crippen LogP contribution in [0.4, 0.5) is 0 Å².